The summed E-state index contributed by atoms with van der Waals surface area (Å²) >= 11 is 0. The van der Waals surface area contributed by atoms with Crippen LogP contribution in [0.4, 0.5) is 4.79 Å². The molecule has 8 nitrogen and oxygen atoms in total. The lowest BCUT2D eigenvalue weighted by Gasteiger charge is -2.34. The van der Waals surface area contributed by atoms with Crippen molar-refractivity contribution in [1.82, 2.24) is 19.0 Å². The lowest BCUT2D eigenvalue weighted by Crippen LogP contribution is -2.46. The summed E-state index contributed by atoms with van der Waals surface area (Å²) in [6.07, 6.45) is 0.781. The smallest absolute Gasteiger partial charge is 0.410 e. The van der Waals surface area contributed by atoms with E-state index in [9.17, 15) is 14.4 Å². The molecule has 0 N–H and O–H groups in total. The molecule has 0 unspecified atom stereocenters. The Hall–Kier alpha value is -2.64. The van der Waals surface area contributed by atoms with Crippen LogP contribution in [0.2, 0.25) is 0 Å². The largest absolute Gasteiger partial charge is 0.444 e. The summed E-state index contributed by atoms with van der Waals surface area (Å²) in [5.41, 5.74) is 1.27. The molecule has 1 fully saturated rings. The quantitative estimate of drug-likeness (QED) is 0.700. The van der Waals surface area contributed by atoms with Crippen molar-refractivity contribution in [3.63, 3.8) is 0 Å². The number of pyridine rings is 1. The van der Waals surface area contributed by atoms with E-state index in [1.165, 1.54) is 9.13 Å². The summed E-state index contributed by atoms with van der Waals surface area (Å²) in [6.45, 7) is 10.2. The number of carbonyl (C=O) groups is 1. The van der Waals surface area contributed by atoms with Crippen molar-refractivity contribution in [3.05, 3.63) is 38.0 Å². The standard InChI is InChI=1S/C20H28N4O4/c1-12-11-15-16(21-13(12)2)24(18(26)17(25)22(15)6)14-7-9-23(10-8-14)19(27)28-20(3,4)5/h11,14H,7-10H2,1-6H3. The number of hydrogen-bond acceptors (Lipinski definition) is 5. The summed E-state index contributed by atoms with van der Waals surface area (Å²) in [5, 5.41) is 0. The van der Waals surface area contributed by atoms with Crippen molar-refractivity contribution in [2.45, 2.75) is 59.1 Å². The van der Waals surface area contributed by atoms with Crippen LogP contribution in [0.3, 0.4) is 0 Å². The predicted molar refractivity (Wildman–Crippen MR) is 107 cm³/mol. The minimum atomic E-state index is -0.568. The molecule has 0 aromatic carbocycles. The molecule has 152 valence electrons. The van der Waals surface area contributed by atoms with Crippen LogP contribution in [-0.4, -0.2) is 43.8 Å². The van der Waals surface area contributed by atoms with Crippen LogP contribution < -0.4 is 11.1 Å². The molecule has 1 aliphatic rings. The van der Waals surface area contributed by atoms with Crippen LogP contribution in [0.25, 0.3) is 11.2 Å². The second-order valence-electron chi connectivity index (χ2n) is 8.47. The van der Waals surface area contributed by atoms with Crippen molar-refractivity contribution in [2.24, 2.45) is 7.05 Å². The topological polar surface area (TPSA) is 86.4 Å². The molecule has 0 radical (unpaired) electrons. The fraction of sp³-hybridized carbons (Fsp3) is 0.600. The third-order valence-corrected chi connectivity index (χ3v) is 5.20. The maximum atomic E-state index is 12.8. The highest BCUT2D eigenvalue weighted by Crippen LogP contribution is 2.25. The highest BCUT2D eigenvalue weighted by molar-refractivity contribution is 5.72. The molecule has 1 aliphatic heterocycles. The lowest BCUT2D eigenvalue weighted by molar-refractivity contribution is 0.0188. The lowest BCUT2D eigenvalue weighted by atomic mass is 10.0. The number of ether oxygens (including phenoxy) is 1. The van der Waals surface area contributed by atoms with Crippen LogP contribution in [0.5, 0.6) is 0 Å². The molecule has 8 heteroatoms. The van der Waals surface area contributed by atoms with Gasteiger partial charge in [0.05, 0.1) is 5.52 Å². The van der Waals surface area contributed by atoms with Crippen molar-refractivity contribution in [3.8, 4) is 0 Å². The zero-order chi connectivity index (χ0) is 20.8. The molecular formula is C20H28N4O4. The van der Waals surface area contributed by atoms with Gasteiger partial charge in [0, 0.05) is 31.9 Å². The van der Waals surface area contributed by atoms with E-state index >= 15 is 0 Å². The van der Waals surface area contributed by atoms with Gasteiger partial charge in [0.2, 0.25) is 0 Å². The number of amides is 1. The maximum absolute atomic E-state index is 12.8. The first-order valence-electron chi connectivity index (χ1n) is 9.57. The van der Waals surface area contributed by atoms with Crippen LogP contribution in [0, 0.1) is 13.8 Å². The Morgan fingerprint density at radius 1 is 1.14 bits per heavy atom. The number of likely N-dealkylation sites (tertiary alicyclic amines) is 1. The number of aromatic nitrogens is 3. The number of nitrogens with zero attached hydrogens (tertiary/aromatic N) is 4. The molecule has 1 saturated heterocycles. The Morgan fingerprint density at radius 2 is 1.75 bits per heavy atom. The van der Waals surface area contributed by atoms with Crippen LogP contribution in [0.1, 0.15) is 50.9 Å². The first kappa shape index (κ1) is 20.1. The average molecular weight is 388 g/mol. The van der Waals surface area contributed by atoms with Gasteiger partial charge in [-0.15, -0.1) is 0 Å². The Labute approximate surface area is 163 Å². The SMILES string of the molecule is Cc1cc2c(nc1C)n(C1CCN(C(=O)OC(C)(C)C)CC1)c(=O)c(=O)n2C. The van der Waals surface area contributed by atoms with Crippen molar-refractivity contribution in [1.29, 1.82) is 0 Å². The zero-order valence-electron chi connectivity index (χ0n) is 17.4. The Balaban J connectivity index is 1.95. The molecule has 0 saturated carbocycles. The number of carbonyl (C=O) groups excluding carboxylic acids is 1. The molecule has 0 spiro atoms. The highest BCUT2D eigenvalue weighted by atomic mass is 16.6. The monoisotopic (exact) mass is 388 g/mol. The number of hydrogen-bond donors (Lipinski definition) is 0. The molecule has 0 atom stereocenters. The first-order valence-corrected chi connectivity index (χ1v) is 9.57. The third-order valence-electron chi connectivity index (χ3n) is 5.20. The van der Waals surface area contributed by atoms with Gasteiger partial charge in [-0.25, -0.2) is 9.78 Å². The summed E-state index contributed by atoms with van der Waals surface area (Å²) in [5.74, 6) is 0. The van der Waals surface area contributed by atoms with E-state index in [4.69, 9.17) is 4.74 Å². The van der Waals surface area contributed by atoms with E-state index in [0.717, 1.165) is 11.3 Å². The van der Waals surface area contributed by atoms with E-state index in [1.807, 2.05) is 40.7 Å². The van der Waals surface area contributed by atoms with Crippen molar-refractivity contribution in [2.75, 3.05) is 13.1 Å². The minimum absolute atomic E-state index is 0.183. The van der Waals surface area contributed by atoms with Crippen LogP contribution >= 0.6 is 0 Å². The minimum Gasteiger partial charge on any atom is -0.444 e. The normalized spacial score (nSPS) is 15.9. The van der Waals surface area contributed by atoms with Crippen molar-refractivity contribution >= 4 is 17.3 Å². The maximum Gasteiger partial charge on any atom is 0.410 e. The van der Waals surface area contributed by atoms with Gasteiger partial charge in [-0.05, 0) is 59.1 Å². The Kier molecular flexibility index (Phi) is 5.08. The number of aryl methyl sites for hydroxylation is 3. The van der Waals surface area contributed by atoms with Crippen LogP contribution in [0.15, 0.2) is 15.7 Å². The summed E-state index contributed by atoms with van der Waals surface area (Å²) in [7, 11) is 1.60. The molecule has 0 bridgehead atoms. The van der Waals surface area contributed by atoms with Gasteiger partial charge in [0.25, 0.3) is 0 Å². The number of fused-ring (bicyclic) bond motifs is 1. The van der Waals surface area contributed by atoms with Crippen molar-refractivity contribution < 1.29 is 9.53 Å². The highest BCUT2D eigenvalue weighted by Gasteiger charge is 2.29. The predicted octanol–water partition coefficient (Wildman–Crippen LogP) is 2.28. The Morgan fingerprint density at radius 3 is 2.32 bits per heavy atom. The van der Waals surface area contributed by atoms with E-state index in [1.54, 1.807) is 11.9 Å². The molecule has 1 amide bonds. The fourth-order valence-electron chi connectivity index (χ4n) is 3.53. The summed E-state index contributed by atoms with van der Waals surface area (Å²) in [4.78, 5) is 43.8. The molecule has 2 aromatic heterocycles. The molecule has 3 heterocycles. The van der Waals surface area contributed by atoms with Gasteiger partial charge >= 0.3 is 17.2 Å². The molecule has 2 aromatic rings. The second kappa shape index (κ2) is 7.07. The Bertz CT molecular complexity index is 1040. The van der Waals surface area contributed by atoms with Gasteiger partial charge in [-0.1, -0.05) is 0 Å². The van der Waals surface area contributed by atoms with Gasteiger partial charge in [0.15, 0.2) is 5.65 Å². The summed E-state index contributed by atoms with van der Waals surface area (Å²) < 4.78 is 8.32. The van der Waals surface area contributed by atoms with Gasteiger partial charge < -0.3 is 14.2 Å². The number of rotatable bonds is 1. The molecule has 28 heavy (non-hydrogen) atoms. The van der Waals surface area contributed by atoms with Gasteiger partial charge in [-0.2, -0.15) is 0 Å². The summed E-state index contributed by atoms with van der Waals surface area (Å²) in [6, 6.07) is 1.71. The first-order chi connectivity index (χ1) is 13.0. The molecule has 0 aliphatic carbocycles. The van der Waals surface area contributed by atoms with E-state index < -0.39 is 16.7 Å². The van der Waals surface area contributed by atoms with Gasteiger partial charge in [-0.3, -0.25) is 14.2 Å². The number of piperidine rings is 1. The van der Waals surface area contributed by atoms with E-state index in [-0.39, 0.29) is 12.1 Å². The van der Waals surface area contributed by atoms with E-state index in [2.05, 4.69) is 4.98 Å². The van der Waals surface area contributed by atoms with Crippen LogP contribution in [-0.2, 0) is 11.8 Å². The van der Waals surface area contributed by atoms with E-state index in [0.29, 0.717) is 37.1 Å². The van der Waals surface area contributed by atoms with Gasteiger partial charge in [0.1, 0.15) is 5.60 Å². The fourth-order valence-corrected chi connectivity index (χ4v) is 3.53. The molecular weight excluding hydrogens is 360 g/mol. The zero-order valence-corrected chi connectivity index (χ0v) is 17.4. The molecule has 3 rings (SSSR count). The third kappa shape index (κ3) is 3.68. The average Bonchev–Trinajstić information content (AvgIpc) is 2.61. The second-order valence-corrected chi connectivity index (χ2v) is 8.47.